The summed E-state index contributed by atoms with van der Waals surface area (Å²) in [5, 5.41) is 4.24. The summed E-state index contributed by atoms with van der Waals surface area (Å²) in [6.45, 7) is 2.00. The number of rotatable bonds is 6. The fourth-order valence-electron chi connectivity index (χ4n) is 3.17. The van der Waals surface area contributed by atoms with Crippen molar-refractivity contribution in [1.29, 1.82) is 0 Å². The van der Waals surface area contributed by atoms with Gasteiger partial charge in [-0.3, -0.25) is 0 Å². The molecule has 0 atom stereocenters. The van der Waals surface area contributed by atoms with Gasteiger partial charge in [-0.2, -0.15) is 4.98 Å². The SMILES string of the molecule is COc1cc(-n2cnc(Nc3nc(Cl)nc4cc(C)ccc34)c2)cc(OC)c1OC. The van der Waals surface area contributed by atoms with Crippen LogP contribution in [0.5, 0.6) is 17.2 Å². The van der Waals surface area contributed by atoms with Gasteiger partial charge in [0.05, 0.1) is 38.7 Å². The van der Waals surface area contributed by atoms with E-state index in [1.807, 2.05) is 48.0 Å². The van der Waals surface area contributed by atoms with Crippen LogP contribution in [0, 0.1) is 6.92 Å². The van der Waals surface area contributed by atoms with Crippen LogP contribution in [0.4, 0.5) is 11.6 Å². The van der Waals surface area contributed by atoms with Crippen molar-refractivity contribution < 1.29 is 14.2 Å². The number of methoxy groups -OCH3 is 3. The zero-order valence-electron chi connectivity index (χ0n) is 16.9. The van der Waals surface area contributed by atoms with Gasteiger partial charge < -0.3 is 24.1 Å². The molecular formula is C21H20ClN5O3. The first-order valence-electron chi connectivity index (χ1n) is 9.07. The lowest BCUT2D eigenvalue weighted by Gasteiger charge is -2.14. The van der Waals surface area contributed by atoms with Gasteiger partial charge in [-0.05, 0) is 36.2 Å². The molecule has 0 unspecified atom stereocenters. The minimum Gasteiger partial charge on any atom is -0.493 e. The number of imidazole rings is 1. The quantitative estimate of drug-likeness (QED) is 0.454. The fraction of sp³-hybridized carbons (Fsp3) is 0.190. The Balaban J connectivity index is 1.70. The highest BCUT2D eigenvalue weighted by Crippen LogP contribution is 2.39. The molecule has 0 spiro atoms. The second-order valence-electron chi connectivity index (χ2n) is 6.54. The number of ether oxygens (including phenoxy) is 3. The molecule has 0 bridgehead atoms. The molecule has 0 aliphatic carbocycles. The molecule has 0 aliphatic heterocycles. The molecule has 0 fully saturated rings. The summed E-state index contributed by atoms with van der Waals surface area (Å²) in [6, 6.07) is 9.60. The molecule has 2 aromatic heterocycles. The molecule has 1 N–H and O–H groups in total. The van der Waals surface area contributed by atoms with Gasteiger partial charge >= 0.3 is 0 Å². The molecule has 2 aromatic carbocycles. The third-order valence-corrected chi connectivity index (χ3v) is 4.77. The van der Waals surface area contributed by atoms with Crippen LogP contribution in [-0.2, 0) is 0 Å². The van der Waals surface area contributed by atoms with Crippen LogP contribution in [0.15, 0.2) is 42.9 Å². The number of halogens is 1. The van der Waals surface area contributed by atoms with E-state index >= 15 is 0 Å². The maximum absolute atomic E-state index is 6.11. The van der Waals surface area contributed by atoms with E-state index < -0.39 is 0 Å². The van der Waals surface area contributed by atoms with Gasteiger partial charge in [0.25, 0.3) is 0 Å². The first-order valence-corrected chi connectivity index (χ1v) is 9.45. The van der Waals surface area contributed by atoms with Gasteiger partial charge in [0.2, 0.25) is 11.0 Å². The number of hydrogen-bond acceptors (Lipinski definition) is 7. The molecule has 0 radical (unpaired) electrons. The summed E-state index contributed by atoms with van der Waals surface area (Å²) in [6.07, 6.45) is 3.51. The van der Waals surface area contributed by atoms with Crippen molar-refractivity contribution in [2.45, 2.75) is 6.92 Å². The second kappa shape index (κ2) is 8.08. The summed E-state index contributed by atoms with van der Waals surface area (Å²) in [4.78, 5) is 13.0. The molecule has 0 saturated heterocycles. The van der Waals surface area contributed by atoms with Crippen LogP contribution in [0.3, 0.4) is 0 Å². The zero-order chi connectivity index (χ0) is 21.3. The lowest BCUT2D eigenvalue weighted by Crippen LogP contribution is -1.99. The number of nitrogens with one attached hydrogen (secondary N) is 1. The normalized spacial score (nSPS) is 10.8. The Morgan fingerprint density at radius 1 is 0.967 bits per heavy atom. The largest absolute Gasteiger partial charge is 0.493 e. The lowest BCUT2D eigenvalue weighted by atomic mass is 10.1. The van der Waals surface area contributed by atoms with Gasteiger partial charge in [-0.25, -0.2) is 9.97 Å². The molecular weight excluding hydrogens is 406 g/mol. The van der Waals surface area contributed by atoms with Crippen molar-refractivity contribution in [3.05, 3.63) is 53.7 Å². The van der Waals surface area contributed by atoms with Crippen LogP contribution in [0.25, 0.3) is 16.6 Å². The Morgan fingerprint density at radius 3 is 2.37 bits per heavy atom. The molecule has 4 aromatic rings. The predicted octanol–water partition coefficient (Wildman–Crippen LogP) is 4.55. The second-order valence-corrected chi connectivity index (χ2v) is 6.87. The van der Waals surface area contributed by atoms with Crippen molar-refractivity contribution >= 4 is 34.1 Å². The van der Waals surface area contributed by atoms with E-state index in [4.69, 9.17) is 25.8 Å². The third kappa shape index (κ3) is 3.69. The van der Waals surface area contributed by atoms with E-state index in [2.05, 4.69) is 20.3 Å². The van der Waals surface area contributed by atoms with Gasteiger partial charge in [0, 0.05) is 17.5 Å². The zero-order valence-corrected chi connectivity index (χ0v) is 17.7. The fourth-order valence-corrected chi connectivity index (χ4v) is 3.35. The van der Waals surface area contributed by atoms with E-state index in [0.29, 0.717) is 28.9 Å². The molecule has 0 amide bonds. The Hall–Kier alpha value is -3.52. The number of hydrogen-bond donors (Lipinski definition) is 1. The number of fused-ring (bicyclic) bond motifs is 1. The minimum atomic E-state index is 0.166. The molecule has 30 heavy (non-hydrogen) atoms. The Morgan fingerprint density at radius 2 is 1.70 bits per heavy atom. The topological polar surface area (TPSA) is 83.3 Å². The van der Waals surface area contributed by atoms with Crippen LogP contribution < -0.4 is 19.5 Å². The summed E-state index contributed by atoms with van der Waals surface area (Å²) >= 11 is 6.11. The molecule has 9 heteroatoms. The molecule has 154 valence electrons. The highest BCUT2D eigenvalue weighted by atomic mass is 35.5. The number of nitrogens with zero attached hydrogens (tertiary/aromatic N) is 4. The molecule has 4 rings (SSSR count). The smallest absolute Gasteiger partial charge is 0.224 e. The molecule has 0 saturated carbocycles. The standard InChI is InChI=1S/C21H20ClN5O3/c1-12-5-6-14-15(7-12)24-21(22)26-20(14)25-18-10-27(11-23-18)13-8-16(28-2)19(30-4)17(9-13)29-3/h5-11H,1-4H3,(H,24,25,26). The highest BCUT2D eigenvalue weighted by molar-refractivity contribution is 6.28. The Bertz CT molecular complexity index is 1190. The molecule has 8 nitrogen and oxygen atoms in total. The van der Waals surface area contributed by atoms with E-state index in [1.165, 1.54) is 0 Å². The van der Waals surface area contributed by atoms with Crippen molar-refractivity contribution in [2.75, 3.05) is 26.6 Å². The van der Waals surface area contributed by atoms with Crippen LogP contribution in [0.2, 0.25) is 5.28 Å². The summed E-state index contributed by atoms with van der Waals surface area (Å²) in [5.74, 6) is 2.82. The van der Waals surface area contributed by atoms with Crippen molar-refractivity contribution in [1.82, 2.24) is 19.5 Å². The van der Waals surface area contributed by atoms with Gasteiger partial charge in [-0.1, -0.05) is 6.07 Å². The first kappa shape index (κ1) is 19.8. The van der Waals surface area contributed by atoms with Crippen LogP contribution >= 0.6 is 11.6 Å². The summed E-state index contributed by atoms with van der Waals surface area (Å²) in [7, 11) is 4.72. The maximum Gasteiger partial charge on any atom is 0.224 e. The Labute approximate surface area is 178 Å². The minimum absolute atomic E-state index is 0.166. The van der Waals surface area contributed by atoms with Crippen LogP contribution in [0.1, 0.15) is 5.56 Å². The van der Waals surface area contributed by atoms with E-state index in [-0.39, 0.29) is 5.28 Å². The van der Waals surface area contributed by atoms with Crippen molar-refractivity contribution in [3.8, 4) is 22.9 Å². The van der Waals surface area contributed by atoms with E-state index in [9.17, 15) is 0 Å². The number of aromatic nitrogens is 4. The molecule has 2 heterocycles. The maximum atomic E-state index is 6.11. The third-order valence-electron chi connectivity index (χ3n) is 4.60. The summed E-state index contributed by atoms with van der Waals surface area (Å²) in [5.41, 5.74) is 2.66. The van der Waals surface area contributed by atoms with Crippen LogP contribution in [-0.4, -0.2) is 40.8 Å². The average molecular weight is 426 g/mol. The van der Waals surface area contributed by atoms with Crippen molar-refractivity contribution in [3.63, 3.8) is 0 Å². The van der Waals surface area contributed by atoms with Gasteiger partial charge in [0.15, 0.2) is 11.5 Å². The highest BCUT2D eigenvalue weighted by Gasteiger charge is 2.15. The number of benzene rings is 2. The van der Waals surface area contributed by atoms with Crippen molar-refractivity contribution in [2.24, 2.45) is 0 Å². The lowest BCUT2D eigenvalue weighted by molar-refractivity contribution is 0.324. The van der Waals surface area contributed by atoms with Gasteiger partial charge in [0.1, 0.15) is 18.0 Å². The number of aryl methyl sites for hydroxylation is 1. The average Bonchev–Trinajstić information content (AvgIpc) is 3.20. The summed E-state index contributed by atoms with van der Waals surface area (Å²) < 4.78 is 18.1. The predicted molar refractivity (Wildman–Crippen MR) is 116 cm³/mol. The Kier molecular flexibility index (Phi) is 5.33. The monoisotopic (exact) mass is 425 g/mol. The van der Waals surface area contributed by atoms with E-state index in [0.717, 1.165) is 22.2 Å². The van der Waals surface area contributed by atoms with Gasteiger partial charge in [-0.15, -0.1) is 0 Å². The van der Waals surface area contributed by atoms with E-state index in [1.54, 1.807) is 27.7 Å². The first-order chi connectivity index (χ1) is 14.5. The molecule has 0 aliphatic rings. The number of anilines is 2.